The van der Waals surface area contributed by atoms with Gasteiger partial charge in [-0.05, 0) is 88.0 Å². The van der Waals surface area contributed by atoms with E-state index in [4.69, 9.17) is 0 Å². The van der Waals surface area contributed by atoms with Crippen LogP contribution in [0.15, 0.2) is 42.1 Å². The quantitative estimate of drug-likeness (QED) is 0.268. The first kappa shape index (κ1) is 28.5. The lowest BCUT2D eigenvalue weighted by Crippen LogP contribution is -2.32. The van der Waals surface area contributed by atoms with Gasteiger partial charge in [-0.25, -0.2) is 0 Å². The molecule has 0 aliphatic heterocycles. The van der Waals surface area contributed by atoms with E-state index >= 15 is 0 Å². The minimum atomic E-state index is -0.0117. The van der Waals surface area contributed by atoms with Crippen molar-refractivity contribution in [2.45, 2.75) is 87.0 Å². The second kappa shape index (κ2) is 14.6. The number of carbonyl (C=O) groups excluding carboxylic acids is 3. The minimum absolute atomic E-state index is 0.0117. The third-order valence-corrected chi connectivity index (χ3v) is 6.22. The number of Topliss-reactive ketones (excluding diaryl/α,β-unsaturated/α-hetero) is 1. The van der Waals surface area contributed by atoms with Gasteiger partial charge in [-0.2, -0.15) is 0 Å². The summed E-state index contributed by atoms with van der Waals surface area (Å²) < 4.78 is 0. The number of carbonyl (C=O) groups is 3. The van der Waals surface area contributed by atoms with E-state index in [0.29, 0.717) is 5.92 Å². The van der Waals surface area contributed by atoms with E-state index < -0.39 is 0 Å². The Kier molecular flexibility index (Phi) is 12.6. The maximum Gasteiger partial charge on any atom is 0.227 e. The van der Waals surface area contributed by atoms with E-state index in [9.17, 15) is 14.4 Å². The molecule has 2 rings (SSSR count). The predicted molar refractivity (Wildman–Crippen MR) is 137 cm³/mol. The number of rotatable bonds is 8. The molecule has 33 heavy (non-hydrogen) atoms. The van der Waals surface area contributed by atoms with Crippen LogP contribution < -0.4 is 5.32 Å². The zero-order chi connectivity index (χ0) is 25.0. The summed E-state index contributed by atoms with van der Waals surface area (Å²) in [6.45, 7) is 13.6. The summed E-state index contributed by atoms with van der Waals surface area (Å²) in [5, 5.41) is 2.99. The Bertz CT molecular complexity index is 856. The smallest absolute Gasteiger partial charge is 0.227 e. The molecule has 4 heteroatoms. The number of amides is 1. The Balaban J connectivity index is 0.000000383. The number of allylic oxidation sites excluding steroid dienone is 3. The molecule has 0 heterocycles. The van der Waals surface area contributed by atoms with Gasteiger partial charge < -0.3 is 5.32 Å². The lowest BCUT2D eigenvalue weighted by Gasteiger charge is -2.27. The summed E-state index contributed by atoms with van der Waals surface area (Å²) in [6, 6.07) is 5.88. The van der Waals surface area contributed by atoms with Gasteiger partial charge in [0.15, 0.2) is 11.6 Å². The van der Waals surface area contributed by atoms with E-state index in [1.54, 1.807) is 13.0 Å². The maximum atomic E-state index is 12.4. The summed E-state index contributed by atoms with van der Waals surface area (Å²) in [7, 11) is 0. The first-order valence-electron chi connectivity index (χ1n) is 12.4. The van der Waals surface area contributed by atoms with Crippen molar-refractivity contribution in [3.63, 3.8) is 0 Å². The Labute approximate surface area is 200 Å². The molecule has 0 radical (unpaired) electrons. The van der Waals surface area contributed by atoms with Crippen LogP contribution in [0.1, 0.15) is 95.1 Å². The van der Waals surface area contributed by atoms with Crippen LogP contribution in [0.2, 0.25) is 0 Å². The molecule has 1 amide bonds. The number of aryl methyl sites for hydroxylation is 1. The summed E-state index contributed by atoms with van der Waals surface area (Å²) >= 11 is 0. The molecule has 1 aliphatic rings. The SMILES string of the molecule is CCC1CCC(C(=O)NC(/C=C\C(C)=O)=C/C(C)C)CC1.CCc1c(C)cccc1C(C)=O. The number of hydrogen-bond acceptors (Lipinski definition) is 3. The molecule has 1 fully saturated rings. The van der Waals surface area contributed by atoms with Crippen LogP contribution in [0.25, 0.3) is 0 Å². The van der Waals surface area contributed by atoms with Crippen LogP contribution >= 0.6 is 0 Å². The van der Waals surface area contributed by atoms with Gasteiger partial charge in [-0.1, -0.05) is 58.4 Å². The third-order valence-electron chi connectivity index (χ3n) is 6.22. The third kappa shape index (κ3) is 10.3. The number of nitrogens with one attached hydrogen (secondary N) is 1. The molecule has 1 N–H and O–H groups in total. The topological polar surface area (TPSA) is 63.2 Å². The van der Waals surface area contributed by atoms with Crippen molar-refractivity contribution in [3.8, 4) is 0 Å². The van der Waals surface area contributed by atoms with Crippen LogP contribution in [0.3, 0.4) is 0 Å². The normalized spacial score (nSPS) is 18.6. The number of ketones is 2. The standard InChI is InChI=1S/C18H29NO2.C11H14O/c1-5-15-7-9-16(10-8-15)18(21)19-17(12-13(2)3)11-6-14(4)20;1-4-10-8(2)6-5-7-11(10)9(3)12/h6,11-13,15-16H,5,7-10H2,1-4H3,(H,19,21);5-7H,4H2,1-3H3/b11-6-,17-12+;. The highest BCUT2D eigenvalue weighted by molar-refractivity contribution is 5.95. The highest BCUT2D eigenvalue weighted by atomic mass is 16.2. The lowest BCUT2D eigenvalue weighted by molar-refractivity contribution is -0.125. The van der Waals surface area contributed by atoms with Crippen LogP contribution in [0.5, 0.6) is 0 Å². The van der Waals surface area contributed by atoms with Crippen molar-refractivity contribution in [1.29, 1.82) is 0 Å². The molecule has 0 saturated heterocycles. The molecule has 1 aromatic rings. The van der Waals surface area contributed by atoms with Crippen molar-refractivity contribution in [1.82, 2.24) is 5.32 Å². The second-order valence-electron chi connectivity index (χ2n) is 9.44. The molecule has 1 saturated carbocycles. The highest BCUT2D eigenvalue weighted by Gasteiger charge is 2.25. The zero-order valence-electron chi connectivity index (χ0n) is 21.7. The number of benzene rings is 1. The molecular weight excluding hydrogens is 410 g/mol. The van der Waals surface area contributed by atoms with E-state index in [0.717, 1.165) is 49.3 Å². The molecule has 0 atom stereocenters. The zero-order valence-corrected chi connectivity index (χ0v) is 21.7. The summed E-state index contributed by atoms with van der Waals surface area (Å²) in [5.74, 6) is 1.49. The van der Waals surface area contributed by atoms with Gasteiger partial charge in [-0.15, -0.1) is 0 Å². The molecule has 0 aromatic heterocycles. The van der Waals surface area contributed by atoms with E-state index in [1.807, 2.05) is 31.2 Å². The predicted octanol–water partition coefficient (Wildman–Crippen LogP) is 6.76. The fraction of sp³-hybridized carbons (Fsp3) is 0.552. The van der Waals surface area contributed by atoms with Gasteiger partial charge in [-0.3, -0.25) is 14.4 Å². The van der Waals surface area contributed by atoms with Crippen molar-refractivity contribution in [2.24, 2.45) is 17.8 Å². The summed E-state index contributed by atoms with van der Waals surface area (Å²) in [6.07, 6.45) is 11.6. The Morgan fingerprint density at radius 3 is 2.12 bits per heavy atom. The first-order chi connectivity index (χ1) is 15.6. The van der Waals surface area contributed by atoms with Gasteiger partial charge in [0, 0.05) is 17.2 Å². The van der Waals surface area contributed by atoms with Crippen molar-refractivity contribution < 1.29 is 14.4 Å². The lowest BCUT2D eigenvalue weighted by atomic mass is 9.80. The second-order valence-corrected chi connectivity index (χ2v) is 9.44. The van der Waals surface area contributed by atoms with Crippen LogP contribution in [-0.4, -0.2) is 17.5 Å². The Hall–Kier alpha value is -2.49. The summed E-state index contributed by atoms with van der Waals surface area (Å²) in [4.78, 5) is 34.6. The van der Waals surface area contributed by atoms with Gasteiger partial charge in [0.2, 0.25) is 5.91 Å². The van der Waals surface area contributed by atoms with Gasteiger partial charge in [0.1, 0.15) is 0 Å². The Morgan fingerprint density at radius 2 is 1.67 bits per heavy atom. The molecule has 182 valence electrons. The highest BCUT2D eigenvalue weighted by Crippen LogP contribution is 2.30. The minimum Gasteiger partial charge on any atom is -0.326 e. The molecule has 1 aromatic carbocycles. The van der Waals surface area contributed by atoms with E-state index in [2.05, 4.69) is 33.0 Å². The first-order valence-corrected chi connectivity index (χ1v) is 12.4. The molecule has 0 spiro atoms. The molecule has 1 aliphatic carbocycles. The fourth-order valence-corrected chi connectivity index (χ4v) is 4.28. The molecular formula is C29H43NO3. The fourth-order valence-electron chi connectivity index (χ4n) is 4.28. The van der Waals surface area contributed by atoms with Crippen LogP contribution in [0.4, 0.5) is 0 Å². The molecule has 0 bridgehead atoms. The van der Waals surface area contributed by atoms with Crippen LogP contribution in [0, 0.1) is 24.7 Å². The molecule has 0 unspecified atom stereocenters. The van der Waals surface area contributed by atoms with E-state index in [-0.39, 0.29) is 23.4 Å². The van der Waals surface area contributed by atoms with Gasteiger partial charge in [0.25, 0.3) is 0 Å². The average Bonchev–Trinajstić information content (AvgIpc) is 2.77. The Morgan fingerprint density at radius 1 is 1.03 bits per heavy atom. The van der Waals surface area contributed by atoms with Crippen molar-refractivity contribution >= 4 is 17.5 Å². The molecule has 4 nitrogen and oxygen atoms in total. The number of hydrogen-bond donors (Lipinski definition) is 1. The van der Waals surface area contributed by atoms with E-state index in [1.165, 1.54) is 30.5 Å². The summed E-state index contributed by atoms with van der Waals surface area (Å²) in [5.41, 5.74) is 4.01. The van der Waals surface area contributed by atoms with Crippen LogP contribution in [-0.2, 0) is 16.0 Å². The van der Waals surface area contributed by atoms with Crippen molar-refractivity contribution in [2.75, 3.05) is 0 Å². The average molecular weight is 454 g/mol. The maximum absolute atomic E-state index is 12.4. The largest absolute Gasteiger partial charge is 0.326 e. The van der Waals surface area contributed by atoms with Crippen molar-refractivity contribution in [3.05, 3.63) is 58.8 Å². The monoisotopic (exact) mass is 453 g/mol. The van der Waals surface area contributed by atoms with Gasteiger partial charge >= 0.3 is 0 Å². The van der Waals surface area contributed by atoms with Gasteiger partial charge in [0.05, 0.1) is 0 Å².